The Hall–Kier alpha value is -2.20. The van der Waals surface area contributed by atoms with E-state index in [0.717, 1.165) is 12.0 Å². The maximum absolute atomic E-state index is 13.3. The Morgan fingerprint density at radius 2 is 1.81 bits per heavy atom. The first-order valence-corrected chi connectivity index (χ1v) is 12.7. The van der Waals surface area contributed by atoms with Gasteiger partial charge in [0, 0.05) is 31.6 Å². The van der Waals surface area contributed by atoms with Gasteiger partial charge in [0.05, 0.1) is 17.5 Å². The van der Waals surface area contributed by atoms with Crippen LogP contribution in [0.4, 0.5) is 9.18 Å². The van der Waals surface area contributed by atoms with Crippen LogP contribution in [-0.4, -0.2) is 79.0 Å². The number of hydrogen-bond acceptors (Lipinski definition) is 6. The van der Waals surface area contributed by atoms with Crippen molar-refractivity contribution in [3.05, 3.63) is 35.6 Å². The molecule has 1 saturated heterocycles. The standard InChI is InChI=1S/C22H32FN3O5S/c1-22(2,3)31-21(28)26(19-14-17(19)15-4-6-16(23)7-5-15)9-8-18(24)20(27)25-10-12-32(29,30)13-11-25/h4-7,17-19H,8-14,24H2,1-3H3/t17-,18-,19+/m0/s1. The van der Waals surface area contributed by atoms with Crippen LogP contribution < -0.4 is 5.73 Å². The van der Waals surface area contributed by atoms with E-state index in [-0.39, 0.29) is 61.2 Å². The summed E-state index contributed by atoms with van der Waals surface area (Å²) in [6.07, 6.45) is 0.474. The fraction of sp³-hybridized carbons (Fsp3) is 0.636. The zero-order valence-corrected chi connectivity index (χ0v) is 19.6. The minimum Gasteiger partial charge on any atom is -0.444 e. The van der Waals surface area contributed by atoms with Crippen molar-refractivity contribution in [1.82, 2.24) is 9.80 Å². The van der Waals surface area contributed by atoms with Gasteiger partial charge >= 0.3 is 6.09 Å². The van der Waals surface area contributed by atoms with Gasteiger partial charge in [-0.25, -0.2) is 17.6 Å². The van der Waals surface area contributed by atoms with E-state index in [1.165, 1.54) is 17.0 Å². The third-order valence-corrected chi connectivity index (χ3v) is 7.35. The zero-order valence-electron chi connectivity index (χ0n) is 18.8. The first kappa shape index (κ1) is 24.4. The highest BCUT2D eigenvalue weighted by Gasteiger charge is 2.46. The lowest BCUT2D eigenvalue weighted by atomic mass is 10.1. The van der Waals surface area contributed by atoms with Crippen LogP contribution in [0.15, 0.2) is 24.3 Å². The van der Waals surface area contributed by atoms with E-state index < -0.39 is 27.6 Å². The number of ether oxygens (including phenoxy) is 1. The molecule has 1 saturated carbocycles. The molecule has 0 unspecified atom stereocenters. The smallest absolute Gasteiger partial charge is 0.410 e. The number of nitrogens with zero attached hydrogens (tertiary/aromatic N) is 2. The molecule has 1 aromatic rings. The number of nitrogens with two attached hydrogens (primary N) is 1. The van der Waals surface area contributed by atoms with Gasteiger partial charge in [-0.15, -0.1) is 0 Å². The summed E-state index contributed by atoms with van der Waals surface area (Å²) < 4.78 is 42.0. The second-order valence-corrected chi connectivity index (χ2v) is 11.8. The van der Waals surface area contributed by atoms with Crippen LogP contribution in [0.5, 0.6) is 0 Å². The first-order valence-electron chi connectivity index (χ1n) is 10.9. The lowest BCUT2D eigenvalue weighted by molar-refractivity contribution is -0.132. The monoisotopic (exact) mass is 469 g/mol. The third-order valence-electron chi connectivity index (χ3n) is 5.74. The summed E-state index contributed by atoms with van der Waals surface area (Å²) in [5, 5.41) is 0. The summed E-state index contributed by atoms with van der Waals surface area (Å²) in [5.74, 6) is -0.671. The van der Waals surface area contributed by atoms with Crippen molar-refractivity contribution in [2.24, 2.45) is 5.73 Å². The fourth-order valence-electron chi connectivity index (χ4n) is 3.88. The van der Waals surface area contributed by atoms with Gasteiger partial charge in [0.2, 0.25) is 5.91 Å². The molecule has 3 rings (SSSR count). The predicted molar refractivity (Wildman–Crippen MR) is 118 cm³/mol. The summed E-state index contributed by atoms with van der Waals surface area (Å²) in [6, 6.07) is 5.27. The van der Waals surface area contributed by atoms with Gasteiger partial charge in [-0.1, -0.05) is 12.1 Å². The number of rotatable bonds is 6. The molecule has 1 aromatic carbocycles. The summed E-state index contributed by atoms with van der Waals surface area (Å²) in [6.45, 7) is 5.86. The van der Waals surface area contributed by atoms with E-state index in [9.17, 15) is 22.4 Å². The van der Waals surface area contributed by atoms with Gasteiger partial charge in [0.15, 0.2) is 9.84 Å². The van der Waals surface area contributed by atoms with E-state index in [4.69, 9.17) is 10.5 Å². The van der Waals surface area contributed by atoms with E-state index in [2.05, 4.69) is 0 Å². The minimum absolute atomic E-state index is 0.0586. The lowest BCUT2D eigenvalue weighted by Crippen LogP contribution is -2.51. The molecule has 32 heavy (non-hydrogen) atoms. The SMILES string of the molecule is CC(C)(C)OC(=O)N(CC[C@H](N)C(=O)N1CCS(=O)(=O)CC1)[C@@H]1C[C@H]1c1ccc(F)cc1. The van der Waals surface area contributed by atoms with Crippen LogP contribution in [0, 0.1) is 5.82 Å². The Labute approximate surface area is 188 Å². The predicted octanol–water partition coefficient (Wildman–Crippen LogP) is 1.89. The van der Waals surface area contributed by atoms with Gasteiger partial charge < -0.3 is 20.3 Å². The molecule has 2 amide bonds. The maximum Gasteiger partial charge on any atom is 0.410 e. The summed E-state index contributed by atoms with van der Waals surface area (Å²) in [7, 11) is -3.10. The van der Waals surface area contributed by atoms with Gasteiger partial charge in [0.1, 0.15) is 11.4 Å². The second kappa shape index (κ2) is 9.35. The maximum atomic E-state index is 13.3. The Bertz CT molecular complexity index is 931. The molecule has 0 spiro atoms. The van der Waals surface area contributed by atoms with Crippen molar-refractivity contribution in [3.63, 3.8) is 0 Å². The molecule has 1 aliphatic heterocycles. The molecule has 3 atom stereocenters. The second-order valence-electron chi connectivity index (χ2n) is 9.51. The topological polar surface area (TPSA) is 110 Å². The number of carbonyl (C=O) groups excluding carboxylic acids is 2. The summed E-state index contributed by atoms with van der Waals surface area (Å²) >= 11 is 0. The highest BCUT2D eigenvalue weighted by Crippen LogP contribution is 2.45. The average molecular weight is 470 g/mol. The van der Waals surface area contributed by atoms with E-state index >= 15 is 0 Å². The molecular formula is C22H32FN3O5S. The Morgan fingerprint density at radius 3 is 2.38 bits per heavy atom. The molecule has 8 nitrogen and oxygen atoms in total. The Morgan fingerprint density at radius 1 is 1.22 bits per heavy atom. The number of halogens is 1. The molecule has 1 heterocycles. The normalized spacial score (nSPS) is 23.3. The van der Waals surface area contributed by atoms with Crippen molar-refractivity contribution in [2.45, 2.75) is 57.2 Å². The van der Waals surface area contributed by atoms with E-state index in [1.807, 2.05) is 0 Å². The molecule has 0 radical (unpaired) electrons. The van der Waals surface area contributed by atoms with Crippen LogP contribution in [0.25, 0.3) is 0 Å². The Kier molecular flexibility index (Phi) is 7.14. The van der Waals surface area contributed by atoms with E-state index in [0.29, 0.717) is 0 Å². The highest BCUT2D eigenvalue weighted by atomic mass is 32.2. The summed E-state index contributed by atoms with van der Waals surface area (Å²) in [4.78, 5) is 28.6. The molecule has 178 valence electrons. The molecule has 0 bridgehead atoms. The van der Waals surface area contributed by atoms with Crippen LogP contribution >= 0.6 is 0 Å². The van der Waals surface area contributed by atoms with Crippen molar-refractivity contribution in [1.29, 1.82) is 0 Å². The van der Waals surface area contributed by atoms with Crippen molar-refractivity contribution in [3.8, 4) is 0 Å². The van der Waals surface area contributed by atoms with E-state index in [1.54, 1.807) is 37.8 Å². The van der Waals surface area contributed by atoms with Crippen LogP contribution in [0.3, 0.4) is 0 Å². The van der Waals surface area contributed by atoms with Gasteiger partial charge in [-0.05, 0) is 51.3 Å². The van der Waals surface area contributed by atoms with Crippen LogP contribution in [0.1, 0.15) is 45.1 Å². The molecular weight excluding hydrogens is 437 g/mol. The number of benzene rings is 1. The molecule has 2 N–H and O–H groups in total. The van der Waals surface area contributed by atoms with Gasteiger partial charge in [0.25, 0.3) is 0 Å². The fourth-order valence-corrected chi connectivity index (χ4v) is 5.08. The Balaban J connectivity index is 1.63. The number of carbonyl (C=O) groups is 2. The van der Waals surface area contributed by atoms with Crippen LogP contribution in [0.2, 0.25) is 0 Å². The molecule has 0 aromatic heterocycles. The average Bonchev–Trinajstić information content (AvgIpc) is 3.47. The molecule has 2 aliphatic rings. The summed E-state index contributed by atoms with van der Waals surface area (Å²) in [5.41, 5.74) is 6.38. The van der Waals surface area contributed by atoms with Gasteiger partial charge in [-0.3, -0.25) is 4.79 Å². The lowest BCUT2D eigenvalue weighted by Gasteiger charge is -2.31. The number of sulfone groups is 1. The quantitative estimate of drug-likeness (QED) is 0.681. The zero-order chi connectivity index (χ0) is 23.7. The highest BCUT2D eigenvalue weighted by molar-refractivity contribution is 7.91. The third kappa shape index (κ3) is 6.41. The van der Waals surface area contributed by atoms with Crippen molar-refractivity contribution >= 4 is 21.8 Å². The largest absolute Gasteiger partial charge is 0.444 e. The van der Waals surface area contributed by atoms with Crippen molar-refractivity contribution in [2.75, 3.05) is 31.1 Å². The first-order chi connectivity index (χ1) is 14.9. The molecule has 1 aliphatic carbocycles. The van der Waals surface area contributed by atoms with Crippen molar-refractivity contribution < 1.29 is 27.1 Å². The molecule has 10 heteroatoms. The number of amides is 2. The minimum atomic E-state index is -3.10. The number of hydrogen-bond donors (Lipinski definition) is 1. The van der Waals surface area contributed by atoms with Crippen LogP contribution in [-0.2, 0) is 19.4 Å². The molecule has 2 fully saturated rings. The van der Waals surface area contributed by atoms with Gasteiger partial charge in [-0.2, -0.15) is 0 Å².